The van der Waals surface area contributed by atoms with E-state index in [9.17, 15) is 8.42 Å². The minimum Gasteiger partial charge on any atom is -0.398 e. The zero-order valence-electron chi connectivity index (χ0n) is 11.5. The molecule has 1 aliphatic carbocycles. The summed E-state index contributed by atoms with van der Waals surface area (Å²) < 4.78 is 33.3. The average molecular weight is 307 g/mol. The van der Waals surface area contributed by atoms with Gasteiger partial charge < -0.3 is 10.5 Å². The summed E-state index contributed by atoms with van der Waals surface area (Å²) in [7, 11) is -3.70. The molecular formula is C14H17N3O3S. The Morgan fingerprint density at radius 3 is 2.71 bits per heavy atom. The summed E-state index contributed by atoms with van der Waals surface area (Å²) in [6, 6.07) is 5.94. The maximum atomic E-state index is 12.5. The number of anilines is 1. The van der Waals surface area contributed by atoms with Gasteiger partial charge in [0.15, 0.2) is 0 Å². The summed E-state index contributed by atoms with van der Waals surface area (Å²) in [4.78, 5) is 0.0166. The Morgan fingerprint density at radius 1 is 1.33 bits per heavy atom. The number of hydrogen-bond acceptors (Lipinski definition) is 5. The SMILES string of the molecule is N#Cc1ccc(S(=O)(=O)NC2CCOC2C2CC2)c(N)c1. The Hall–Kier alpha value is -1.62. The predicted octanol–water partition coefficient (Wildman–Crippen LogP) is 0.986. The number of ether oxygens (including phenoxy) is 1. The third-order valence-corrected chi connectivity index (χ3v) is 5.52. The van der Waals surface area contributed by atoms with E-state index in [4.69, 9.17) is 15.7 Å². The molecule has 0 amide bonds. The van der Waals surface area contributed by atoms with Crippen molar-refractivity contribution < 1.29 is 13.2 Å². The lowest BCUT2D eigenvalue weighted by molar-refractivity contribution is 0.0848. The second-order valence-corrected chi connectivity index (χ2v) is 7.24. The zero-order chi connectivity index (χ0) is 15.0. The molecule has 0 spiro atoms. The lowest BCUT2D eigenvalue weighted by atomic mass is 10.1. The van der Waals surface area contributed by atoms with Gasteiger partial charge in [-0.2, -0.15) is 5.26 Å². The molecule has 1 aromatic carbocycles. The van der Waals surface area contributed by atoms with Crippen LogP contribution in [0.5, 0.6) is 0 Å². The third-order valence-electron chi connectivity index (χ3n) is 3.96. The van der Waals surface area contributed by atoms with Crippen LogP contribution in [0.2, 0.25) is 0 Å². The Kier molecular flexibility index (Phi) is 3.61. The molecule has 1 heterocycles. The van der Waals surface area contributed by atoms with Crippen molar-refractivity contribution in [2.75, 3.05) is 12.3 Å². The molecule has 2 fully saturated rings. The van der Waals surface area contributed by atoms with Crippen molar-refractivity contribution in [2.45, 2.75) is 36.3 Å². The van der Waals surface area contributed by atoms with E-state index in [0.717, 1.165) is 12.8 Å². The number of nitrogens with two attached hydrogens (primary N) is 1. The quantitative estimate of drug-likeness (QED) is 0.807. The maximum absolute atomic E-state index is 12.5. The standard InChI is InChI=1S/C14H17N3O3S/c15-8-9-1-4-13(11(16)7-9)21(18,19)17-12-5-6-20-14(12)10-2-3-10/h1,4,7,10,12,14,17H,2-3,5-6,16H2. The molecule has 1 aliphatic heterocycles. The summed E-state index contributed by atoms with van der Waals surface area (Å²) in [6.07, 6.45) is 2.85. The molecule has 0 aromatic heterocycles. The first-order chi connectivity index (χ1) is 10.0. The van der Waals surface area contributed by atoms with Crippen molar-refractivity contribution in [1.82, 2.24) is 4.72 Å². The molecule has 0 bridgehead atoms. The average Bonchev–Trinajstić information content (AvgIpc) is 3.19. The van der Waals surface area contributed by atoms with E-state index in [1.54, 1.807) is 0 Å². The maximum Gasteiger partial charge on any atom is 0.242 e. The number of benzene rings is 1. The number of nitrogen functional groups attached to an aromatic ring is 1. The lowest BCUT2D eigenvalue weighted by Crippen LogP contribution is -2.41. The minimum atomic E-state index is -3.70. The molecule has 21 heavy (non-hydrogen) atoms. The molecule has 7 heteroatoms. The van der Waals surface area contributed by atoms with Crippen LogP contribution >= 0.6 is 0 Å². The number of rotatable bonds is 4. The second kappa shape index (κ2) is 5.30. The fourth-order valence-electron chi connectivity index (χ4n) is 2.75. The molecule has 6 nitrogen and oxygen atoms in total. The van der Waals surface area contributed by atoms with Crippen LogP contribution < -0.4 is 10.5 Å². The molecule has 3 rings (SSSR count). The molecule has 2 atom stereocenters. The van der Waals surface area contributed by atoms with Gasteiger partial charge in [0.2, 0.25) is 10.0 Å². The molecule has 1 aromatic rings. The van der Waals surface area contributed by atoms with E-state index < -0.39 is 10.0 Å². The Balaban J connectivity index is 1.82. The summed E-state index contributed by atoms with van der Waals surface area (Å²) in [6.45, 7) is 0.581. The highest BCUT2D eigenvalue weighted by molar-refractivity contribution is 7.89. The number of hydrogen-bond donors (Lipinski definition) is 2. The van der Waals surface area contributed by atoms with E-state index in [1.807, 2.05) is 6.07 Å². The van der Waals surface area contributed by atoms with Crippen LogP contribution in [0.3, 0.4) is 0 Å². The predicted molar refractivity (Wildman–Crippen MR) is 76.8 cm³/mol. The molecule has 1 saturated heterocycles. The summed E-state index contributed by atoms with van der Waals surface area (Å²) in [5.74, 6) is 0.471. The second-order valence-electron chi connectivity index (χ2n) is 5.55. The first-order valence-corrected chi connectivity index (χ1v) is 8.43. The van der Waals surface area contributed by atoms with Crippen LogP contribution in [0.25, 0.3) is 0 Å². The first-order valence-electron chi connectivity index (χ1n) is 6.95. The molecule has 0 radical (unpaired) electrons. The fraction of sp³-hybridized carbons (Fsp3) is 0.500. The number of nitriles is 1. The smallest absolute Gasteiger partial charge is 0.242 e. The van der Waals surface area contributed by atoms with Crippen LogP contribution in [0.1, 0.15) is 24.8 Å². The molecular weight excluding hydrogens is 290 g/mol. The fourth-order valence-corrected chi connectivity index (χ4v) is 4.15. The van der Waals surface area contributed by atoms with E-state index in [1.165, 1.54) is 18.2 Å². The van der Waals surface area contributed by atoms with Gasteiger partial charge in [-0.15, -0.1) is 0 Å². The van der Waals surface area contributed by atoms with E-state index in [0.29, 0.717) is 24.5 Å². The molecule has 112 valence electrons. The van der Waals surface area contributed by atoms with Crippen LogP contribution in [-0.2, 0) is 14.8 Å². The van der Waals surface area contributed by atoms with E-state index in [-0.39, 0.29) is 22.7 Å². The summed E-state index contributed by atoms with van der Waals surface area (Å²) >= 11 is 0. The molecule has 1 saturated carbocycles. The lowest BCUT2D eigenvalue weighted by Gasteiger charge is -2.20. The largest absolute Gasteiger partial charge is 0.398 e. The molecule has 2 unspecified atom stereocenters. The summed E-state index contributed by atoms with van der Waals surface area (Å²) in [5.41, 5.74) is 6.19. The van der Waals surface area contributed by atoms with Crippen LogP contribution in [-0.4, -0.2) is 27.2 Å². The highest BCUT2D eigenvalue weighted by Crippen LogP contribution is 2.39. The van der Waals surface area contributed by atoms with E-state index >= 15 is 0 Å². The number of sulfonamides is 1. The van der Waals surface area contributed by atoms with Crippen molar-refractivity contribution in [3.8, 4) is 6.07 Å². The van der Waals surface area contributed by atoms with Crippen molar-refractivity contribution in [3.05, 3.63) is 23.8 Å². The van der Waals surface area contributed by atoms with Crippen molar-refractivity contribution in [2.24, 2.45) is 5.92 Å². The zero-order valence-corrected chi connectivity index (χ0v) is 12.3. The van der Waals surface area contributed by atoms with E-state index in [2.05, 4.69) is 4.72 Å². The topological polar surface area (TPSA) is 105 Å². The monoisotopic (exact) mass is 307 g/mol. The Bertz CT molecular complexity index is 692. The highest BCUT2D eigenvalue weighted by Gasteiger charge is 2.42. The Morgan fingerprint density at radius 2 is 2.10 bits per heavy atom. The van der Waals surface area contributed by atoms with Gasteiger partial charge in [0.1, 0.15) is 4.90 Å². The van der Waals surface area contributed by atoms with Gasteiger partial charge in [-0.1, -0.05) is 0 Å². The van der Waals surface area contributed by atoms with Crippen LogP contribution in [0, 0.1) is 17.2 Å². The van der Waals surface area contributed by atoms with Crippen molar-refractivity contribution in [1.29, 1.82) is 5.26 Å². The van der Waals surface area contributed by atoms with Gasteiger partial charge >= 0.3 is 0 Å². The first kappa shape index (κ1) is 14.3. The number of nitrogens with one attached hydrogen (secondary N) is 1. The van der Waals surface area contributed by atoms with Gasteiger partial charge in [0.25, 0.3) is 0 Å². The molecule has 2 aliphatic rings. The summed E-state index contributed by atoms with van der Waals surface area (Å²) in [5, 5.41) is 8.80. The highest BCUT2D eigenvalue weighted by atomic mass is 32.2. The molecule has 3 N–H and O–H groups in total. The van der Waals surface area contributed by atoms with Crippen molar-refractivity contribution in [3.63, 3.8) is 0 Å². The minimum absolute atomic E-state index is 0.0166. The third kappa shape index (κ3) is 2.88. The van der Waals surface area contributed by atoms with Crippen molar-refractivity contribution >= 4 is 15.7 Å². The van der Waals surface area contributed by atoms with Gasteiger partial charge in [-0.3, -0.25) is 0 Å². The van der Waals surface area contributed by atoms with Gasteiger partial charge in [-0.25, -0.2) is 13.1 Å². The number of nitrogens with zero attached hydrogens (tertiary/aromatic N) is 1. The van der Waals surface area contributed by atoms with Crippen LogP contribution in [0.15, 0.2) is 23.1 Å². The van der Waals surface area contributed by atoms with Gasteiger partial charge in [-0.05, 0) is 43.4 Å². The van der Waals surface area contributed by atoms with Gasteiger partial charge in [0, 0.05) is 6.61 Å². The van der Waals surface area contributed by atoms with Crippen LogP contribution in [0.4, 0.5) is 5.69 Å². The normalized spacial score (nSPS) is 25.7. The Labute approximate surface area is 123 Å². The van der Waals surface area contributed by atoms with Gasteiger partial charge in [0.05, 0.1) is 29.5 Å².